The summed E-state index contributed by atoms with van der Waals surface area (Å²) in [6, 6.07) is 6.03. The normalized spacial score (nSPS) is 21.9. The van der Waals surface area contributed by atoms with Crippen molar-refractivity contribution in [2.45, 2.75) is 45.4 Å². The lowest BCUT2D eigenvalue weighted by Gasteiger charge is -2.29. The first-order valence-electron chi connectivity index (χ1n) is 9.92. The molecule has 0 bridgehead atoms. The highest BCUT2D eigenvalue weighted by Crippen LogP contribution is 2.28. The molecule has 1 N–H and O–H groups in total. The van der Waals surface area contributed by atoms with E-state index in [1.165, 1.54) is 6.20 Å². The van der Waals surface area contributed by atoms with Gasteiger partial charge in [0.2, 0.25) is 0 Å². The van der Waals surface area contributed by atoms with E-state index in [0.29, 0.717) is 29.4 Å². The van der Waals surface area contributed by atoms with Crippen LogP contribution in [0.5, 0.6) is 0 Å². The van der Waals surface area contributed by atoms with Crippen LogP contribution in [0, 0.1) is 6.92 Å². The monoisotopic (exact) mass is 394 g/mol. The molecule has 0 radical (unpaired) electrons. The molecule has 29 heavy (non-hydrogen) atoms. The molecule has 1 aromatic carbocycles. The van der Waals surface area contributed by atoms with Gasteiger partial charge in [-0.25, -0.2) is 14.4 Å². The second-order valence-electron chi connectivity index (χ2n) is 7.96. The molecule has 7 nitrogen and oxygen atoms in total. The Kier molecular flexibility index (Phi) is 4.24. The Balaban J connectivity index is 1.49. The average Bonchev–Trinajstić information content (AvgIpc) is 3.09. The second kappa shape index (κ2) is 6.81. The smallest absolute Gasteiger partial charge is 0.261 e. The van der Waals surface area contributed by atoms with Crippen LogP contribution in [0.3, 0.4) is 0 Å². The van der Waals surface area contributed by atoms with Crippen LogP contribution < -0.4 is 15.8 Å². The number of aryl methyl sites for hydroxylation is 1. The Morgan fingerprint density at radius 1 is 1.31 bits per heavy atom. The predicted octanol–water partition coefficient (Wildman–Crippen LogP) is 2.96. The van der Waals surface area contributed by atoms with Gasteiger partial charge in [0.1, 0.15) is 6.67 Å². The number of piperidine rings is 1. The first-order valence-corrected chi connectivity index (χ1v) is 9.92. The van der Waals surface area contributed by atoms with Gasteiger partial charge >= 0.3 is 0 Å². The summed E-state index contributed by atoms with van der Waals surface area (Å²) in [6.07, 6.45) is 6.75. The predicted molar refractivity (Wildman–Crippen MR) is 110 cm³/mol. The zero-order valence-corrected chi connectivity index (χ0v) is 16.5. The maximum atomic E-state index is 14.5. The summed E-state index contributed by atoms with van der Waals surface area (Å²) in [6.45, 7) is 5.34. The Labute approximate surface area is 167 Å². The molecule has 0 aliphatic carbocycles. The van der Waals surface area contributed by atoms with Crippen LogP contribution in [0.4, 0.5) is 10.1 Å². The van der Waals surface area contributed by atoms with E-state index in [1.54, 1.807) is 26.4 Å². The van der Waals surface area contributed by atoms with Gasteiger partial charge in [-0.05, 0) is 51.4 Å². The third kappa shape index (κ3) is 3.13. The zero-order chi connectivity index (χ0) is 20.1. The van der Waals surface area contributed by atoms with Gasteiger partial charge in [-0.2, -0.15) is 0 Å². The molecule has 0 amide bonds. The number of benzene rings is 1. The number of imidazole rings is 1. The fourth-order valence-corrected chi connectivity index (χ4v) is 4.32. The average molecular weight is 394 g/mol. The van der Waals surface area contributed by atoms with Crippen LogP contribution in [0.25, 0.3) is 16.7 Å². The fourth-order valence-electron chi connectivity index (χ4n) is 4.32. The second-order valence-corrected chi connectivity index (χ2v) is 7.96. The van der Waals surface area contributed by atoms with Gasteiger partial charge in [-0.3, -0.25) is 9.36 Å². The van der Waals surface area contributed by atoms with Gasteiger partial charge in [0, 0.05) is 30.2 Å². The minimum absolute atomic E-state index is 0.0199. The lowest BCUT2D eigenvalue weighted by Crippen LogP contribution is -2.39. The van der Waals surface area contributed by atoms with Crippen LogP contribution in [0.2, 0.25) is 0 Å². The number of fused-ring (bicyclic) bond motifs is 2. The minimum atomic E-state index is -0.382. The maximum absolute atomic E-state index is 14.5. The molecular weight excluding hydrogens is 371 g/mol. The first kappa shape index (κ1) is 18.1. The van der Waals surface area contributed by atoms with Crippen molar-refractivity contribution >= 4 is 22.4 Å². The van der Waals surface area contributed by atoms with Crippen molar-refractivity contribution in [3.8, 4) is 0 Å². The SMILES string of the molecule is Cc1cn2c(n1)C(F)=CN(c1ccc3c(=O)n([C@@H]4CCN[C@H](C)C4)cnc3c1)C2. The summed E-state index contributed by atoms with van der Waals surface area (Å²) in [7, 11) is 0. The Morgan fingerprint density at radius 3 is 3.00 bits per heavy atom. The number of anilines is 1. The third-order valence-electron chi connectivity index (χ3n) is 5.77. The van der Waals surface area contributed by atoms with Crippen molar-refractivity contribution in [2.24, 2.45) is 0 Å². The van der Waals surface area contributed by atoms with Crippen molar-refractivity contribution in [3.05, 3.63) is 58.8 Å². The topological polar surface area (TPSA) is 68.0 Å². The van der Waals surface area contributed by atoms with Crippen molar-refractivity contribution < 1.29 is 4.39 Å². The van der Waals surface area contributed by atoms with Crippen LogP contribution >= 0.6 is 0 Å². The van der Waals surface area contributed by atoms with Crippen molar-refractivity contribution in [3.63, 3.8) is 0 Å². The van der Waals surface area contributed by atoms with E-state index in [4.69, 9.17) is 0 Å². The summed E-state index contributed by atoms with van der Waals surface area (Å²) in [5.41, 5.74) is 2.16. The van der Waals surface area contributed by atoms with Gasteiger partial charge in [0.25, 0.3) is 5.56 Å². The number of hydrogen-bond donors (Lipinski definition) is 1. The highest BCUT2D eigenvalue weighted by molar-refractivity contribution is 5.82. The molecule has 1 fully saturated rings. The minimum Gasteiger partial charge on any atom is -0.326 e. The Bertz CT molecular complexity index is 1180. The number of halogens is 1. The van der Waals surface area contributed by atoms with Crippen molar-refractivity contribution in [1.29, 1.82) is 0 Å². The molecule has 2 aromatic heterocycles. The highest BCUT2D eigenvalue weighted by Gasteiger charge is 2.23. The molecule has 3 aromatic rings. The van der Waals surface area contributed by atoms with E-state index in [2.05, 4.69) is 22.2 Å². The van der Waals surface area contributed by atoms with Gasteiger partial charge in [-0.1, -0.05) is 0 Å². The number of aromatic nitrogens is 4. The molecule has 0 saturated carbocycles. The molecule has 2 aliphatic heterocycles. The summed E-state index contributed by atoms with van der Waals surface area (Å²) in [4.78, 5) is 23.6. The molecule has 8 heteroatoms. The molecule has 150 valence electrons. The first-order chi connectivity index (χ1) is 14.0. The molecule has 0 unspecified atom stereocenters. The van der Waals surface area contributed by atoms with E-state index < -0.39 is 0 Å². The molecule has 0 spiro atoms. The molecule has 2 atom stereocenters. The number of nitrogens with one attached hydrogen (secondary N) is 1. The lowest BCUT2D eigenvalue weighted by atomic mass is 10.0. The standard InChI is InChI=1S/C21H23FN6O/c1-13-7-16(5-6-23-13)28-11-24-19-8-15(3-4-17(19)21(28)29)26-10-18(22)20-25-14(2)9-27(20)12-26/h3-4,8-11,13,16,23H,5-7,12H2,1-2H3/t13-,16-/m1/s1. The molecular formula is C21H23FN6O. The third-order valence-corrected chi connectivity index (χ3v) is 5.77. The van der Waals surface area contributed by atoms with Crippen LogP contribution in [0.15, 0.2) is 41.7 Å². The van der Waals surface area contributed by atoms with E-state index in [1.807, 2.05) is 25.3 Å². The van der Waals surface area contributed by atoms with Crippen LogP contribution in [-0.2, 0) is 6.67 Å². The van der Waals surface area contributed by atoms with Gasteiger partial charge in [0.15, 0.2) is 11.7 Å². The van der Waals surface area contributed by atoms with Crippen LogP contribution in [0.1, 0.15) is 37.3 Å². The summed E-state index contributed by atoms with van der Waals surface area (Å²) in [5, 5.41) is 4.00. The maximum Gasteiger partial charge on any atom is 0.261 e. The molecule has 5 rings (SSSR count). The van der Waals surface area contributed by atoms with Crippen LogP contribution in [-0.4, -0.2) is 31.7 Å². The summed E-state index contributed by atoms with van der Waals surface area (Å²) in [5.74, 6) is -0.0374. The summed E-state index contributed by atoms with van der Waals surface area (Å²) < 4.78 is 18.0. The van der Waals surface area contributed by atoms with E-state index in [0.717, 1.165) is 30.8 Å². The van der Waals surface area contributed by atoms with Crippen molar-refractivity contribution in [2.75, 3.05) is 11.4 Å². The Hall–Kier alpha value is -3.00. The van der Waals surface area contributed by atoms with Crippen molar-refractivity contribution in [1.82, 2.24) is 24.4 Å². The zero-order valence-electron chi connectivity index (χ0n) is 16.5. The van der Waals surface area contributed by atoms with Gasteiger partial charge < -0.3 is 14.8 Å². The highest BCUT2D eigenvalue weighted by atomic mass is 19.1. The number of nitrogens with zero attached hydrogens (tertiary/aromatic N) is 5. The fraction of sp³-hybridized carbons (Fsp3) is 0.381. The lowest BCUT2D eigenvalue weighted by molar-refractivity contribution is 0.307. The molecule has 4 heterocycles. The van der Waals surface area contributed by atoms with Gasteiger partial charge in [0.05, 0.1) is 22.9 Å². The van der Waals surface area contributed by atoms with E-state index in [9.17, 15) is 9.18 Å². The Morgan fingerprint density at radius 2 is 2.17 bits per heavy atom. The van der Waals surface area contributed by atoms with E-state index >= 15 is 0 Å². The largest absolute Gasteiger partial charge is 0.326 e. The molecule has 1 saturated heterocycles. The molecule has 2 aliphatic rings. The number of rotatable bonds is 2. The van der Waals surface area contributed by atoms with E-state index in [-0.39, 0.29) is 17.4 Å². The number of hydrogen-bond acceptors (Lipinski definition) is 5. The van der Waals surface area contributed by atoms with Gasteiger partial charge in [-0.15, -0.1) is 0 Å². The summed E-state index contributed by atoms with van der Waals surface area (Å²) >= 11 is 0. The quantitative estimate of drug-likeness (QED) is 0.724.